The molecule has 30 heavy (non-hydrogen) atoms. The molecule has 0 rings (SSSR count). The topological polar surface area (TPSA) is 76.0 Å². The number of allylic oxidation sites excluding steroid dienone is 2. The lowest BCUT2D eigenvalue weighted by atomic mass is 10.2. The van der Waals surface area contributed by atoms with E-state index in [4.69, 9.17) is 14.9 Å². The van der Waals surface area contributed by atoms with Gasteiger partial charge in [-0.05, 0) is 31.9 Å². The Morgan fingerprint density at radius 2 is 1.33 bits per heavy atom. The first-order chi connectivity index (χ1) is 13.3. The van der Waals surface area contributed by atoms with E-state index in [1.165, 1.54) is 0 Å². The molecule has 0 heterocycles. The molecule has 5 nitrogen and oxygen atoms in total. The molecular weight excluding hydrogens is 415 g/mol. The molecule has 0 aromatic heterocycles. The van der Waals surface area contributed by atoms with E-state index >= 15 is 0 Å². The summed E-state index contributed by atoms with van der Waals surface area (Å²) in [6, 6.07) is 0. The number of aliphatic hydroxyl groups excluding tert-OH is 2. The van der Waals surface area contributed by atoms with Gasteiger partial charge >= 0.3 is 12.1 Å². The maximum atomic E-state index is 12.5. The molecule has 1 atom stereocenters. The van der Waals surface area contributed by atoms with Gasteiger partial charge in [0.1, 0.15) is 18.1 Å². The molecule has 0 fully saturated rings. The quantitative estimate of drug-likeness (QED) is 0.172. The van der Waals surface area contributed by atoms with Crippen molar-refractivity contribution in [3.8, 4) is 0 Å². The van der Waals surface area contributed by atoms with Crippen LogP contribution in [0.2, 0.25) is 0 Å². The van der Waals surface area contributed by atoms with Gasteiger partial charge in [0.05, 0.1) is 6.61 Å². The van der Waals surface area contributed by atoms with Gasteiger partial charge in [-0.2, -0.15) is 13.2 Å². The smallest absolute Gasteiger partial charge is 0.431 e. The number of carbonyl (C=O) groups excluding carboxylic acids is 1. The Balaban J connectivity index is -0.000000411. The molecular formula is C20H29F5O5. The Morgan fingerprint density at radius 3 is 1.53 bits per heavy atom. The predicted octanol–water partition coefficient (Wildman–Crippen LogP) is 5.41. The number of hydrogen-bond donors (Lipinski definition) is 2. The van der Waals surface area contributed by atoms with E-state index in [2.05, 4.69) is 37.6 Å². The monoisotopic (exact) mass is 444 g/mol. The van der Waals surface area contributed by atoms with Crippen molar-refractivity contribution in [1.82, 2.24) is 0 Å². The molecule has 1 unspecified atom stereocenters. The molecule has 0 aromatic rings. The summed E-state index contributed by atoms with van der Waals surface area (Å²) in [7, 11) is 0. The number of alkyl halides is 5. The van der Waals surface area contributed by atoms with E-state index in [0.29, 0.717) is 17.9 Å². The number of carbonyl (C=O) groups is 1. The number of rotatable bonds is 8. The van der Waals surface area contributed by atoms with E-state index in [1.54, 1.807) is 13.8 Å². The van der Waals surface area contributed by atoms with Crippen molar-refractivity contribution in [2.45, 2.75) is 45.9 Å². The third kappa shape index (κ3) is 17.5. The fraction of sp³-hybridized carbons (Fsp3) is 0.450. The first-order valence-corrected chi connectivity index (χ1v) is 8.22. The van der Waals surface area contributed by atoms with Gasteiger partial charge in [-0.15, -0.1) is 0 Å². The van der Waals surface area contributed by atoms with Crippen LogP contribution in [0.1, 0.15) is 27.7 Å². The van der Waals surface area contributed by atoms with Crippen molar-refractivity contribution < 1.29 is 46.4 Å². The van der Waals surface area contributed by atoms with Crippen molar-refractivity contribution >= 4 is 5.97 Å². The van der Waals surface area contributed by atoms with Crippen molar-refractivity contribution in [3.63, 3.8) is 0 Å². The van der Waals surface area contributed by atoms with Crippen molar-refractivity contribution in [2.75, 3.05) is 13.2 Å². The fourth-order valence-electron chi connectivity index (χ4n) is 0.957. The molecule has 174 valence electrons. The number of ether oxygens (including phenoxy) is 2. The highest BCUT2D eigenvalue weighted by Gasteiger charge is 2.56. The van der Waals surface area contributed by atoms with Crippen LogP contribution in [0.15, 0.2) is 61.1 Å². The molecule has 0 spiro atoms. The standard InChI is InChI=1S/C8H9F5O2.C7H12O2.C5H8O/c1-4(2)5(14)15-6(7(3,9)10)8(11,12)13;1-6(2)7(3)9-5-4-8;1-4(2)5(3)6/h6H,1H2,2-3H3;8H,1,3-5H2,2H3;6H,1,3H2,2H3. The molecule has 0 aliphatic rings. The highest BCUT2D eigenvalue weighted by Crippen LogP contribution is 2.34. The largest absolute Gasteiger partial charge is 0.508 e. The molecule has 0 saturated carbocycles. The minimum Gasteiger partial charge on any atom is -0.508 e. The first kappa shape index (κ1) is 32.1. The van der Waals surface area contributed by atoms with Crippen LogP contribution in [0.25, 0.3) is 0 Å². The van der Waals surface area contributed by atoms with E-state index in [-0.39, 0.29) is 24.9 Å². The van der Waals surface area contributed by atoms with Crippen LogP contribution < -0.4 is 0 Å². The van der Waals surface area contributed by atoms with Gasteiger partial charge in [0.15, 0.2) is 0 Å². The van der Waals surface area contributed by atoms with Crippen LogP contribution in [0.4, 0.5) is 22.0 Å². The second-order valence-electron chi connectivity index (χ2n) is 6.07. The second kappa shape index (κ2) is 14.4. The lowest BCUT2D eigenvalue weighted by Gasteiger charge is -2.25. The Hall–Kier alpha value is -2.62. The average Bonchev–Trinajstić information content (AvgIpc) is 2.55. The van der Waals surface area contributed by atoms with Crippen LogP contribution in [-0.2, 0) is 14.3 Å². The van der Waals surface area contributed by atoms with Crippen LogP contribution >= 0.6 is 0 Å². The molecule has 10 heteroatoms. The average molecular weight is 444 g/mol. The molecule has 0 aliphatic carbocycles. The zero-order valence-corrected chi connectivity index (χ0v) is 17.5. The Kier molecular flexibility index (Phi) is 15.4. The predicted molar refractivity (Wildman–Crippen MR) is 105 cm³/mol. The number of halogens is 5. The van der Waals surface area contributed by atoms with Gasteiger partial charge in [-0.1, -0.05) is 32.9 Å². The third-order valence-electron chi connectivity index (χ3n) is 2.67. The summed E-state index contributed by atoms with van der Waals surface area (Å²) in [5.74, 6) is -5.08. The van der Waals surface area contributed by atoms with Crippen molar-refractivity contribution in [1.29, 1.82) is 0 Å². The normalized spacial score (nSPS) is 11.4. The van der Waals surface area contributed by atoms with Crippen molar-refractivity contribution in [2.24, 2.45) is 0 Å². The highest BCUT2D eigenvalue weighted by molar-refractivity contribution is 5.87. The zero-order chi connectivity index (χ0) is 24.9. The third-order valence-corrected chi connectivity index (χ3v) is 2.67. The fourth-order valence-corrected chi connectivity index (χ4v) is 0.957. The van der Waals surface area contributed by atoms with Gasteiger partial charge in [-0.25, -0.2) is 13.6 Å². The summed E-state index contributed by atoms with van der Waals surface area (Å²) >= 11 is 0. The number of esters is 1. The maximum Gasteiger partial charge on any atom is 0.431 e. The van der Waals surface area contributed by atoms with Gasteiger partial charge in [0.2, 0.25) is 0 Å². The Bertz CT molecular complexity index is 604. The minimum absolute atomic E-state index is 0.0201. The number of hydrogen-bond acceptors (Lipinski definition) is 5. The second-order valence-corrected chi connectivity index (χ2v) is 6.07. The molecule has 0 aliphatic heterocycles. The summed E-state index contributed by atoms with van der Waals surface area (Å²) in [5, 5.41) is 16.6. The summed E-state index contributed by atoms with van der Waals surface area (Å²) < 4.78 is 69.7. The van der Waals surface area contributed by atoms with E-state index in [9.17, 15) is 26.7 Å². The molecule has 2 N–H and O–H groups in total. The summed E-state index contributed by atoms with van der Waals surface area (Å²) in [4.78, 5) is 10.7. The van der Waals surface area contributed by atoms with Crippen LogP contribution in [0, 0.1) is 0 Å². The Morgan fingerprint density at radius 1 is 0.933 bits per heavy atom. The maximum absolute atomic E-state index is 12.5. The van der Waals surface area contributed by atoms with E-state index < -0.39 is 24.2 Å². The molecule has 0 saturated heterocycles. The highest BCUT2D eigenvalue weighted by atomic mass is 19.4. The zero-order valence-electron chi connectivity index (χ0n) is 17.5. The van der Waals surface area contributed by atoms with Crippen LogP contribution in [0.3, 0.4) is 0 Å². The molecule has 0 aromatic carbocycles. The Labute approximate surface area is 173 Å². The van der Waals surface area contributed by atoms with E-state index in [0.717, 1.165) is 12.5 Å². The summed E-state index contributed by atoms with van der Waals surface area (Å²) in [5.41, 5.74) is 1.03. The van der Waals surface area contributed by atoms with Crippen LogP contribution in [-0.4, -0.2) is 47.6 Å². The van der Waals surface area contributed by atoms with E-state index in [1.807, 2.05) is 0 Å². The van der Waals surface area contributed by atoms with Gasteiger partial charge in [0, 0.05) is 12.5 Å². The summed E-state index contributed by atoms with van der Waals surface area (Å²) in [6.07, 6.45) is -8.77. The SMILES string of the molecule is C=C(C)C(=C)O.C=C(C)C(=C)OCCO.C=C(C)C(=O)OC(C(C)(F)F)C(F)(F)F. The van der Waals surface area contributed by atoms with Crippen LogP contribution in [0.5, 0.6) is 0 Å². The van der Waals surface area contributed by atoms with Gasteiger partial charge < -0.3 is 19.7 Å². The lowest BCUT2D eigenvalue weighted by molar-refractivity contribution is -0.271. The lowest BCUT2D eigenvalue weighted by Crippen LogP contribution is -2.46. The molecule has 0 amide bonds. The minimum atomic E-state index is -5.32. The van der Waals surface area contributed by atoms with Crippen molar-refractivity contribution in [3.05, 3.63) is 61.1 Å². The first-order valence-electron chi connectivity index (χ1n) is 8.22. The van der Waals surface area contributed by atoms with Gasteiger partial charge in [0.25, 0.3) is 12.0 Å². The molecule has 0 bridgehead atoms. The number of aliphatic hydroxyl groups is 2. The van der Waals surface area contributed by atoms with Gasteiger partial charge in [-0.3, -0.25) is 0 Å². The summed E-state index contributed by atoms with van der Waals surface area (Å²) in [6.45, 7) is 21.7. The molecule has 0 radical (unpaired) electrons.